The summed E-state index contributed by atoms with van der Waals surface area (Å²) in [4.78, 5) is 15.4. The normalized spacial score (nSPS) is 12.8. The van der Waals surface area contributed by atoms with Gasteiger partial charge in [0.2, 0.25) is 0 Å². The van der Waals surface area contributed by atoms with Crippen molar-refractivity contribution < 1.29 is 9.90 Å². The fourth-order valence-corrected chi connectivity index (χ4v) is 3.56. The highest BCUT2D eigenvalue weighted by Crippen LogP contribution is 2.30. The highest BCUT2D eigenvalue weighted by Gasteiger charge is 2.17. The molecule has 0 aliphatic heterocycles. The summed E-state index contributed by atoms with van der Waals surface area (Å²) < 4.78 is 3.31. The number of carbonyl (C=O) groups is 1. The molecule has 0 saturated carbocycles. The molecule has 20 heavy (non-hydrogen) atoms. The van der Waals surface area contributed by atoms with Crippen LogP contribution >= 0.6 is 34.4 Å². The van der Waals surface area contributed by atoms with E-state index in [1.54, 1.807) is 0 Å². The van der Waals surface area contributed by atoms with Crippen molar-refractivity contribution >= 4 is 51.4 Å². The van der Waals surface area contributed by atoms with Gasteiger partial charge in [0.15, 0.2) is 5.16 Å². The van der Waals surface area contributed by atoms with Gasteiger partial charge in [0.25, 0.3) is 0 Å². The molecule has 1 aromatic heterocycles. The number of carboxylic acids is 1. The smallest absolute Gasteiger partial charge is 0.313 e. The Kier molecular flexibility index (Phi) is 5.31. The van der Waals surface area contributed by atoms with Crippen molar-refractivity contribution in [2.24, 2.45) is 0 Å². The molecule has 1 unspecified atom stereocenters. The minimum Gasteiger partial charge on any atom is -0.481 e. The van der Waals surface area contributed by atoms with E-state index in [2.05, 4.69) is 58.1 Å². The summed E-state index contributed by atoms with van der Waals surface area (Å²) in [7, 11) is 0. The molecule has 0 aliphatic carbocycles. The lowest BCUT2D eigenvalue weighted by Gasteiger charge is -2.16. The van der Waals surface area contributed by atoms with Gasteiger partial charge >= 0.3 is 5.97 Å². The van der Waals surface area contributed by atoms with Crippen LogP contribution in [0.4, 0.5) is 0 Å². The Morgan fingerprint density at radius 3 is 2.95 bits per heavy atom. The summed E-state index contributed by atoms with van der Waals surface area (Å²) in [5.41, 5.74) is 2.02. The number of aliphatic carboxylic acids is 1. The molecule has 0 bridgehead atoms. The molecule has 1 atom stereocenters. The molecule has 1 N–H and O–H groups in total. The van der Waals surface area contributed by atoms with Crippen LogP contribution in [-0.4, -0.2) is 26.4 Å². The van der Waals surface area contributed by atoms with Crippen LogP contribution in [0.25, 0.3) is 11.0 Å². The maximum absolute atomic E-state index is 10.8. The Morgan fingerprint density at radius 1 is 1.55 bits per heavy atom. The van der Waals surface area contributed by atoms with E-state index in [1.165, 1.54) is 11.8 Å². The Labute approximate surface area is 136 Å². The number of imidazole rings is 1. The van der Waals surface area contributed by atoms with E-state index in [1.807, 2.05) is 6.07 Å². The summed E-state index contributed by atoms with van der Waals surface area (Å²) in [6, 6.07) is 6.49. The first-order valence-electron chi connectivity index (χ1n) is 6.55. The summed E-state index contributed by atoms with van der Waals surface area (Å²) in [5, 5.41) is 9.66. The van der Waals surface area contributed by atoms with E-state index in [-0.39, 0.29) is 5.75 Å². The average Bonchev–Trinajstić information content (AvgIpc) is 2.74. The third-order valence-corrected chi connectivity index (χ3v) is 4.70. The van der Waals surface area contributed by atoms with Crippen molar-refractivity contribution in [3.8, 4) is 0 Å². The molecule has 0 radical (unpaired) electrons. The predicted molar refractivity (Wildman–Crippen MR) is 90.4 cm³/mol. The van der Waals surface area contributed by atoms with E-state index in [9.17, 15) is 4.79 Å². The van der Waals surface area contributed by atoms with Crippen LogP contribution in [0, 0.1) is 3.57 Å². The van der Waals surface area contributed by atoms with Crippen LogP contribution in [0.1, 0.15) is 32.7 Å². The molecule has 108 valence electrons. The van der Waals surface area contributed by atoms with Crippen molar-refractivity contribution in [3.05, 3.63) is 21.8 Å². The molecule has 1 heterocycles. The van der Waals surface area contributed by atoms with Crippen LogP contribution in [0.15, 0.2) is 23.4 Å². The summed E-state index contributed by atoms with van der Waals surface area (Å²) in [5.74, 6) is -0.773. The van der Waals surface area contributed by atoms with Gasteiger partial charge in [0, 0.05) is 9.61 Å². The number of fused-ring (bicyclic) bond motifs is 1. The molecule has 0 amide bonds. The zero-order chi connectivity index (χ0) is 14.7. The lowest BCUT2D eigenvalue weighted by molar-refractivity contribution is -0.133. The van der Waals surface area contributed by atoms with Gasteiger partial charge in [-0.15, -0.1) is 0 Å². The fourth-order valence-electron chi connectivity index (χ4n) is 2.25. The second-order valence-corrected chi connectivity index (χ2v) is 6.91. The SMILES string of the molecule is CCCC(C)n1c(SCC(=O)O)nc2cc(I)ccc21. The lowest BCUT2D eigenvalue weighted by Crippen LogP contribution is -2.08. The molecular weight excluding hydrogens is 387 g/mol. The standard InChI is InChI=1S/C14H17IN2O2S/c1-3-4-9(2)17-12-6-5-10(15)7-11(12)16-14(17)20-8-13(18)19/h5-7,9H,3-4,8H2,1-2H3,(H,18,19). The third-order valence-electron chi connectivity index (χ3n) is 3.09. The molecule has 1 aromatic carbocycles. The molecule has 0 aliphatic rings. The zero-order valence-corrected chi connectivity index (χ0v) is 14.4. The number of hydrogen-bond acceptors (Lipinski definition) is 3. The number of benzene rings is 1. The second-order valence-electron chi connectivity index (χ2n) is 4.72. The van der Waals surface area contributed by atoms with Crippen molar-refractivity contribution in [2.75, 3.05) is 5.75 Å². The number of halogens is 1. The number of rotatable bonds is 6. The number of carboxylic acid groups (broad SMARTS) is 1. The molecule has 0 fully saturated rings. The van der Waals surface area contributed by atoms with Crippen molar-refractivity contribution in [1.82, 2.24) is 9.55 Å². The molecule has 4 nitrogen and oxygen atoms in total. The van der Waals surface area contributed by atoms with Crippen molar-refractivity contribution in [1.29, 1.82) is 0 Å². The van der Waals surface area contributed by atoms with E-state index in [0.717, 1.165) is 32.6 Å². The molecule has 6 heteroatoms. The Morgan fingerprint density at radius 2 is 2.30 bits per heavy atom. The van der Waals surface area contributed by atoms with Crippen molar-refractivity contribution in [3.63, 3.8) is 0 Å². The monoisotopic (exact) mass is 404 g/mol. The Hall–Kier alpha value is -0.760. The molecule has 0 saturated heterocycles. The Balaban J connectivity index is 2.47. The van der Waals surface area contributed by atoms with Gasteiger partial charge in [-0.25, -0.2) is 4.98 Å². The molecule has 2 rings (SSSR count). The van der Waals surface area contributed by atoms with Gasteiger partial charge in [0.05, 0.1) is 16.8 Å². The van der Waals surface area contributed by atoms with Crippen LogP contribution in [0.3, 0.4) is 0 Å². The van der Waals surface area contributed by atoms with E-state index in [4.69, 9.17) is 5.11 Å². The number of aromatic nitrogens is 2. The van der Waals surface area contributed by atoms with E-state index >= 15 is 0 Å². The average molecular weight is 404 g/mol. The number of thioether (sulfide) groups is 1. The summed E-state index contributed by atoms with van der Waals surface area (Å²) >= 11 is 3.56. The number of nitrogens with zero attached hydrogens (tertiary/aromatic N) is 2. The van der Waals surface area contributed by atoms with Crippen LogP contribution in [0.2, 0.25) is 0 Å². The lowest BCUT2D eigenvalue weighted by atomic mass is 10.2. The van der Waals surface area contributed by atoms with Gasteiger partial charge in [0.1, 0.15) is 0 Å². The minimum absolute atomic E-state index is 0.0409. The van der Waals surface area contributed by atoms with Crippen molar-refractivity contribution in [2.45, 2.75) is 37.9 Å². The highest BCUT2D eigenvalue weighted by atomic mass is 127. The summed E-state index contributed by atoms with van der Waals surface area (Å²) in [6.45, 7) is 4.32. The summed E-state index contributed by atoms with van der Waals surface area (Å²) in [6.07, 6.45) is 2.15. The van der Waals surface area contributed by atoms with Crippen LogP contribution in [-0.2, 0) is 4.79 Å². The van der Waals surface area contributed by atoms with Gasteiger partial charge in [-0.1, -0.05) is 25.1 Å². The van der Waals surface area contributed by atoms with Crippen LogP contribution in [0.5, 0.6) is 0 Å². The topological polar surface area (TPSA) is 55.1 Å². The third kappa shape index (κ3) is 3.46. The molecule has 0 spiro atoms. The van der Waals surface area contributed by atoms with Gasteiger partial charge in [-0.05, 0) is 54.1 Å². The maximum Gasteiger partial charge on any atom is 0.313 e. The zero-order valence-electron chi connectivity index (χ0n) is 11.5. The Bertz CT molecular complexity index is 627. The van der Waals surface area contributed by atoms with Gasteiger partial charge in [-0.3, -0.25) is 4.79 Å². The first kappa shape index (κ1) is 15.6. The number of hydrogen-bond donors (Lipinski definition) is 1. The largest absolute Gasteiger partial charge is 0.481 e. The second kappa shape index (κ2) is 6.80. The maximum atomic E-state index is 10.8. The van der Waals surface area contributed by atoms with E-state index < -0.39 is 5.97 Å². The fraction of sp³-hybridized carbons (Fsp3) is 0.429. The van der Waals surface area contributed by atoms with E-state index in [0.29, 0.717) is 6.04 Å². The molecular formula is C14H17IN2O2S. The van der Waals surface area contributed by atoms with Gasteiger partial charge in [-0.2, -0.15) is 0 Å². The first-order chi connectivity index (χ1) is 9.52. The highest BCUT2D eigenvalue weighted by molar-refractivity contribution is 14.1. The molecule has 2 aromatic rings. The first-order valence-corrected chi connectivity index (χ1v) is 8.61. The predicted octanol–water partition coefficient (Wildman–Crippen LogP) is 4.18. The van der Waals surface area contributed by atoms with Gasteiger partial charge < -0.3 is 9.67 Å². The minimum atomic E-state index is -0.814. The quantitative estimate of drug-likeness (QED) is 0.580. The van der Waals surface area contributed by atoms with Crippen LogP contribution < -0.4 is 0 Å².